The lowest BCUT2D eigenvalue weighted by molar-refractivity contribution is -0.117. The Labute approximate surface area is 154 Å². The average Bonchev–Trinajstić information content (AvgIpc) is 3.12. The van der Waals surface area contributed by atoms with Gasteiger partial charge in [-0.1, -0.05) is 24.3 Å². The Bertz CT molecular complexity index is 813. The van der Waals surface area contributed by atoms with Crippen LogP contribution in [0.3, 0.4) is 0 Å². The molecule has 1 fully saturated rings. The summed E-state index contributed by atoms with van der Waals surface area (Å²) in [5.74, 6) is 0.510. The van der Waals surface area contributed by atoms with Gasteiger partial charge in [0.15, 0.2) is 0 Å². The van der Waals surface area contributed by atoms with Crippen LogP contribution in [0, 0.1) is 0 Å². The monoisotopic (exact) mass is 348 g/mol. The summed E-state index contributed by atoms with van der Waals surface area (Å²) in [6.07, 6.45) is 4.95. The van der Waals surface area contributed by atoms with Gasteiger partial charge in [-0.25, -0.2) is 0 Å². The summed E-state index contributed by atoms with van der Waals surface area (Å²) in [5, 5.41) is 3.09. The molecule has 0 saturated carbocycles. The third-order valence-corrected chi connectivity index (χ3v) is 5.52. The molecule has 1 aliphatic carbocycles. The molecule has 26 heavy (non-hydrogen) atoms. The zero-order valence-corrected chi connectivity index (χ0v) is 14.9. The van der Waals surface area contributed by atoms with Crippen molar-refractivity contribution in [2.75, 3.05) is 18.0 Å². The van der Waals surface area contributed by atoms with Crippen LogP contribution in [0.1, 0.15) is 53.1 Å². The molecular formula is C22H24N2O2. The van der Waals surface area contributed by atoms with E-state index in [9.17, 15) is 9.59 Å². The largest absolute Gasteiger partial charge is 0.351 e. The Balaban J connectivity index is 1.39. The van der Waals surface area contributed by atoms with Crippen LogP contribution in [0.4, 0.5) is 5.69 Å². The van der Waals surface area contributed by atoms with Gasteiger partial charge in [0.2, 0.25) is 5.91 Å². The summed E-state index contributed by atoms with van der Waals surface area (Å²) in [6, 6.07) is 15.9. The van der Waals surface area contributed by atoms with Crippen LogP contribution >= 0.6 is 0 Å². The predicted octanol–water partition coefficient (Wildman–Crippen LogP) is 3.66. The molecule has 2 aromatic carbocycles. The second kappa shape index (κ2) is 7.32. The molecule has 0 bridgehead atoms. The van der Waals surface area contributed by atoms with Crippen molar-refractivity contribution in [2.24, 2.45) is 0 Å². The Morgan fingerprint density at radius 2 is 1.85 bits per heavy atom. The van der Waals surface area contributed by atoms with Gasteiger partial charge in [0.05, 0.1) is 0 Å². The molecule has 4 rings (SSSR count). The minimum Gasteiger partial charge on any atom is -0.351 e. The fourth-order valence-corrected chi connectivity index (χ4v) is 4.10. The van der Waals surface area contributed by atoms with E-state index in [0.29, 0.717) is 24.4 Å². The van der Waals surface area contributed by atoms with Gasteiger partial charge in [-0.2, -0.15) is 0 Å². The van der Waals surface area contributed by atoms with Gasteiger partial charge >= 0.3 is 0 Å². The molecule has 0 spiro atoms. The van der Waals surface area contributed by atoms with Crippen molar-refractivity contribution in [1.82, 2.24) is 5.32 Å². The van der Waals surface area contributed by atoms with Crippen LogP contribution in [0.2, 0.25) is 0 Å². The zero-order valence-electron chi connectivity index (χ0n) is 14.9. The molecule has 2 amide bonds. The van der Waals surface area contributed by atoms with E-state index in [0.717, 1.165) is 31.5 Å². The number of carbonyl (C=O) groups is 2. The third kappa shape index (κ3) is 3.36. The van der Waals surface area contributed by atoms with Gasteiger partial charge in [0.25, 0.3) is 5.91 Å². The molecule has 1 heterocycles. The van der Waals surface area contributed by atoms with Gasteiger partial charge in [0.1, 0.15) is 0 Å². The van der Waals surface area contributed by atoms with E-state index in [2.05, 4.69) is 29.6 Å². The summed E-state index contributed by atoms with van der Waals surface area (Å²) in [4.78, 5) is 26.1. The number of hydrogen-bond acceptors (Lipinski definition) is 2. The van der Waals surface area contributed by atoms with Crippen LogP contribution in [-0.2, 0) is 11.2 Å². The van der Waals surface area contributed by atoms with Crippen LogP contribution in [0.15, 0.2) is 48.5 Å². The summed E-state index contributed by atoms with van der Waals surface area (Å²) < 4.78 is 0. The molecule has 4 nitrogen and oxygen atoms in total. The number of nitrogens with zero attached hydrogens (tertiary/aromatic N) is 1. The van der Waals surface area contributed by atoms with Crippen molar-refractivity contribution in [1.29, 1.82) is 0 Å². The van der Waals surface area contributed by atoms with Gasteiger partial charge in [-0.15, -0.1) is 0 Å². The Morgan fingerprint density at radius 3 is 2.62 bits per heavy atom. The van der Waals surface area contributed by atoms with E-state index >= 15 is 0 Å². The highest BCUT2D eigenvalue weighted by Crippen LogP contribution is 2.31. The second-order valence-electron chi connectivity index (χ2n) is 7.19. The highest BCUT2D eigenvalue weighted by Gasteiger charge is 2.22. The fourth-order valence-electron chi connectivity index (χ4n) is 4.10. The molecule has 2 aromatic rings. The first kappa shape index (κ1) is 16.8. The van der Waals surface area contributed by atoms with Crippen molar-refractivity contribution in [2.45, 2.75) is 38.0 Å². The second-order valence-corrected chi connectivity index (χ2v) is 7.19. The van der Waals surface area contributed by atoms with E-state index in [1.54, 1.807) is 4.90 Å². The number of carbonyl (C=O) groups excluding carboxylic acids is 2. The predicted molar refractivity (Wildman–Crippen MR) is 102 cm³/mol. The topological polar surface area (TPSA) is 49.4 Å². The first-order valence-electron chi connectivity index (χ1n) is 9.49. The summed E-state index contributed by atoms with van der Waals surface area (Å²) in [7, 11) is 0. The van der Waals surface area contributed by atoms with Crippen LogP contribution < -0.4 is 10.2 Å². The van der Waals surface area contributed by atoms with Crippen molar-refractivity contribution >= 4 is 17.5 Å². The number of hydrogen-bond donors (Lipinski definition) is 1. The third-order valence-electron chi connectivity index (χ3n) is 5.52. The first-order chi connectivity index (χ1) is 12.7. The van der Waals surface area contributed by atoms with Gasteiger partial charge in [-0.3, -0.25) is 9.59 Å². The molecule has 134 valence electrons. The van der Waals surface area contributed by atoms with Crippen molar-refractivity contribution < 1.29 is 9.59 Å². The van der Waals surface area contributed by atoms with E-state index in [4.69, 9.17) is 0 Å². The molecular weight excluding hydrogens is 324 g/mol. The van der Waals surface area contributed by atoms with E-state index < -0.39 is 0 Å². The molecule has 1 N–H and O–H groups in total. The number of fused-ring (bicyclic) bond motifs is 1. The maximum atomic E-state index is 12.5. The SMILES string of the molecule is O=C(NCC1CCCc2ccccc21)c1ccc(N2CCCC2=O)cc1. The summed E-state index contributed by atoms with van der Waals surface area (Å²) >= 11 is 0. The van der Waals surface area contributed by atoms with E-state index in [-0.39, 0.29) is 11.8 Å². The lowest BCUT2D eigenvalue weighted by atomic mass is 9.83. The molecule has 1 saturated heterocycles. The number of amides is 2. The average molecular weight is 348 g/mol. The van der Waals surface area contributed by atoms with Gasteiger partial charge in [-0.05, 0) is 61.1 Å². The van der Waals surface area contributed by atoms with Crippen LogP contribution in [-0.4, -0.2) is 24.9 Å². The highest BCUT2D eigenvalue weighted by molar-refractivity contribution is 5.97. The van der Waals surface area contributed by atoms with Gasteiger partial charge < -0.3 is 10.2 Å². The number of rotatable bonds is 4. The van der Waals surface area contributed by atoms with Crippen molar-refractivity contribution in [3.8, 4) is 0 Å². The molecule has 0 aromatic heterocycles. The number of nitrogens with one attached hydrogen (secondary N) is 1. The minimum absolute atomic E-state index is 0.0487. The van der Waals surface area contributed by atoms with Crippen LogP contribution in [0.25, 0.3) is 0 Å². The van der Waals surface area contributed by atoms with E-state index in [1.165, 1.54) is 17.5 Å². The van der Waals surface area contributed by atoms with Crippen molar-refractivity contribution in [3.05, 3.63) is 65.2 Å². The molecule has 0 radical (unpaired) electrons. The lowest BCUT2D eigenvalue weighted by Crippen LogP contribution is -2.30. The molecule has 4 heteroatoms. The summed E-state index contributed by atoms with van der Waals surface area (Å²) in [5.41, 5.74) is 4.31. The van der Waals surface area contributed by atoms with E-state index in [1.807, 2.05) is 24.3 Å². The first-order valence-corrected chi connectivity index (χ1v) is 9.49. The van der Waals surface area contributed by atoms with Gasteiger partial charge in [0, 0.05) is 36.7 Å². The normalized spacial score (nSPS) is 19.3. The number of benzene rings is 2. The van der Waals surface area contributed by atoms with Crippen molar-refractivity contribution in [3.63, 3.8) is 0 Å². The maximum Gasteiger partial charge on any atom is 0.251 e. The standard InChI is InChI=1S/C22H24N2O2/c25-21-9-4-14-24(21)19-12-10-17(11-13-19)22(26)23-15-18-7-3-6-16-5-1-2-8-20(16)18/h1-2,5,8,10-13,18H,3-4,6-7,9,14-15H2,(H,23,26). The molecule has 2 aliphatic rings. The highest BCUT2D eigenvalue weighted by atomic mass is 16.2. The smallest absolute Gasteiger partial charge is 0.251 e. The Kier molecular flexibility index (Phi) is 4.74. The molecule has 1 aliphatic heterocycles. The number of anilines is 1. The Hall–Kier alpha value is -2.62. The number of aryl methyl sites for hydroxylation is 1. The maximum absolute atomic E-state index is 12.5. The van der Waals surface area contributed by atoms with Crippen LogP contribution in [0.5, 0.6) is 0 Å². The Morgan fingerprint density at radius 1 is 1.04 bits per heavy atom. The molecule has 1 unspecified atom stereocenters. The lowest BCUT2D eigenvalue weighted by Gasteiger charge is -2.25. The minimum atomic E-state index is -0.0487. The fraction of sp³-hybridized carbons (Fsp3) is 0.364. The zero-order chi connectivity index (χ0) is 17.9. The quantitative estimate of drug-likeness (QED) is 0.917. The molecule has 1 atom stereocenters. The summed E-state index contributed by atoms with van der Waals surface area (Å²) in [6.45, 7) is 1.44.